The zero-order valence-electron chi connectivity index (χ0n) is 9.87. The molecule has 1 aromatic heterocycles. The number of hydrogen-bond donors (Lipinski definition) is 2. The van der Waals surface area contributed by atoms with Gasteiger partial charge in [0.2, 0.25) is 0 Å². The van der Waals surface area contributed by atoms with Gasteiger partial charge in [0, 0.05) is 11.6 Å². The first-order valence-electron chi connectivity index (χ1n) is 5.62. The summed E-state index contributed by atoms with van der Waals surface area (Å²) in [7, 11) is 0. The highest BCUT2D eigenvalue weighted by molar-refractivity contribution is 6.30. The van der Waals surface area contributed by atoms with Crippen LogP contribution in [-0.2, 0) is 0 Å². The van der Waals surface area contributed by atoms with Crippen molar-refractivity contribution < 1.29 is 4.39 Å². The van der Waals surface area contributed by atoms with Crippen LogP contribution in [0.15, 0.2) is 36.4 Å². The number of aromatic nitrogens is 1. The number of halogens is 2. The molecule has 18 heavy (non-hydrogen) atoms. The summed E-state index contributed by atoms with van der Waals surface area (Å²) >= 11 is 5.82. The number of nitrogens with zero attached hydrogens (tertiary/aromatic N) is 1. The maximum Gasteiger partial charge on any atom is 0.146 e. The highest BCUT2D eigenvalue weighted by atomic mass is 35.5. The monoisotopic (exact) mass is 265 g/mol. The molecule has 0 radical (unpaired) electrons. The summed E-state index contributed by atoms with van der Waals surface area (Å²) in [6.45, 7) is 2.76. The van der Waals surface area contributed by atoms with E-state index in [9.17, 15) is 4.39 Å². The van der Waals surface area contributed by atoms with E-state index in [1.54, 1.807) is 6.07 Å². The first kappa shape index (κ1) is 12.6. The molecule has 2 rings (SSSR count). The van der Waals surface area contributed by atoms with Crippen LogP contribution in [-0.4, -0.2) is 11.5 Å². The van der Waals surface area contributed by atoms with E-state index >= 15 is 0 Å². The van der Waals surface area contributed by atoms with Crippen LogP contribution in [0.3, 0.4) is 0 Å². The van der Waals surface area contributed by atoms with Crippen molar-refractivity contribution in [2.24, 2.45) is 0 Å². The Bertz CT molecular complexity index is 546. The van der Waals surface area contributed by atoms with Crippen LogP contribution in [0.2, 0.25) is 5.02 Å². The zero-order valence-corrected chi connectivity index (χ0v) is 10.6. The second kappa shape index (κ2) is 5.69. The number of anilines is 3. The lowest BCUT2D eigenvalue weighted by molar-refractivity contribution is 0.632. The second-order valence-corrected chi connectivity index (χ2v) is 4.12. The molecule has 1 aromatic carbocycles. The van der Waals surface area contributed by atoms with Gasteiger partial charge < -0.3 is 10.6 Å². The molecule has 94 valence electrons. The van der Waals surface area contributed by atoms with Gasteiger partial charge in [0.1, 0.15) is 17.5 Å². The fourth-order valence-electron chi connectivity index (χ4n) is 1.52. The molecule has 0 bridgehead atoms. The van der Waals surface area contributed by atoms with Crippen LogP contribution in [0.25, 0.3) is 0 Å². The van der Waals surface area contributed by atoms with Gasteiger partial charge >= 0.3 is 0 Å². The van der Waals surface area contributed by atoms with Gasteiger partial charge in [0.25, 0.3) is 0 Å². The molecule has 0 fully saturated rings. The number of pyridine rings is 1. The average Bonchev–Trinajstić information content (AvgIpc) is 2.35. The van der Waals surface area contributed by atoms with E-state index in [2.05, 4.69) is 15.6 Å². The molecule has 0 spiro atoms. The summed E-state index contributed by atoms with van der Waals surface area (Å²) in [6.07, 6.45) is 0. The number of rotatable bonds is 4. The minimum Gasteiger partial charge on any atom is -0.370 e. The Kier molecular flexibility index (Phi) is 3.99. The van der Waals surface area contributed by atoms with Crippen molar-refractivity contribution in [3.8, 4) is 0 Å². The topological polar surface area (TPSA) is 37.0 Å². The van der Waals surface area contributed by atoms with Gasteiger partial charge in [-0.3, -0.25) is 0 Å². The lowest BCUT2D eigenvalue weighted by Gasteiger charge is -2.09. The van der Waals surface area contributed by atoms with Gasteiger partial charge in [-0.1, -0.05) is 17.7 Å². The van der Waals surface area contributed by atoms with Crippen LogP contribution in [0.1, 0.15) is 6.92 Å². The second-order valence-electron chi connectivity index (χ2n) is 3.69. The molecule has 0 saturated carbocycles. The van der Waals surface area contributed by atoms with Crippen LogP contribution in [0, 0.1) is 5.82 Å². The number of benzene rings is 1. The molecule has 1 heterocycles. The lowest BCUT2D eigenvalue weighted by atomic mass is 10.3. The van der Waals surface area contributed by atoms with Crippen LogP contribution in [0.5, 0.6) is 0 Å². The molecule has 2 N–H and O–H groups in total. The molecular formula is C13H13ClFN3. The van der Waals surface area contributed by atoms with E-state index in [1.807, 2.05) is 19.1 Å². The quantitative estimate of drug-likeness (QED) is 0.876. The Labute approximate surface area is 110 Å². The summed E-state index contributed by atoms with van der Waals surface area (Å²) in [5.41, 5.74) is 0.309. The molecule has 0 aliphatic carbocycles. The van der Waals surface area contributed by atoms with Gasteiger partial charge in [-0.05, 0) is 37.3 Å². The molecule has 5 heteroatoms. The highest BCUT2D eigenvalue weighted by Crippen LogP contribution is 2.23. The minimum atomic E-state index is -0.366. The fourth-order valence-corrected chi connectivity index (χ4v) is 1.69. The Morgan fingerprint density at radius 1 is 1.22 bits per heavy atom. The molecule has 0 amide bonds. The molecule has 3 nitrogen and oxygen atoms in total. The van der Waals surface area contributed by atoms with Crippen molar-refractivity contribution in [2.45, 2.75) is 6.92 Å². The van der Waals surface area contributed by atoms with Gasteiger partial charge in [-0.2, -0.15) is 0 Å². The van der Waals surface area contributed by atoms with E-state index in [4.69, 9.17) is 11.6 Å². The standard InChI is InChI=1S/C13H13ClFN3/c1-2-16-12-4-3-5-13(18-12)17-11-8-9(14)6-7-10(11)15/h3-8H,2H2,1H3,(H2,16,17,18). The molecule has 0 saturated heterocycles. The smallest absolute Gasteiger partial charge is 0.146 e. The Morgan fingerprint density at radius 2 is 2.00 bits per heavy atom. The molecular weight excluding hydrogens is 253 g/mol. The van der Waals surface area contributed by atoms with E-state index in [0.29, 0.717) is 16.5 Å². The van der Waals surface area contributed by atoms with E-state index in [1.165, 1.54) is 18.2 Å². The predicted molar refractivity (Wildman–Crippen MR) is 73.1 cm³/mol. The van der Waals surface area contributed by atoms with Gasteiger partial charge in [-0.25, -0.2) is 9.37 Å². The van der Waals surface area contributed by atoms with Crippen molar-refractivity contribution >= 4 is 28.9 Å². The zero-order chi connectivity index (χ0) is 13.0. The fraction of sp³-hybridized carbons (Fsp3) is 0.154. The third kappa shape index (κ3) is 3.11. The summed E-state index contributed by atoms with van der Waals surface area (Å²) in [4.78, 5) is 4.30. The van der Waals surface area contributed by atoms with Crippen molar-refractivity contribution in [1.29, 1.82) is 0 Å². The van der Waals surface area contributed by atoms with Crippen LogP contribution in [0.4, 0.5) is 21.7 Å². The summed E-state index contributed by atoms with van der Waals surface area (Å²) in [6, 6.07) is 9.81. The van der Waals surface area contributed by atoms with Gasteiger partial charge in [0.05, 0.1) is 5.69 Å². The Hall–Kier alpha value is -1.81. The first-order chi connectivity index (χ1) is 8.69. The SMILES string of the molecule is CCNc1cccc(Nc2cc(Cl)ccc2F)n1. The minimum absolute atomic E-state index is 0.309. The molecule has 0 aliphatic rings. The molecule has 0 atom stereocenters. The molecule has 0 aliphatic heterocycles. The van der Waals surface area contributed by atoms with Crippen molar-refractivity contribution in [3.63, 3.8) is 0 Å². The van der Waals surface area contributed by atoms with Crippen molar-refractivity contribution in [2.75, 3.05) is 17.2 Å². The third-order valence-corrected chi connectivity index (χ3v) is 2.53. The largest absolute Gasteiger partial charge is 0.370 e. The van der Waals surface area contributed by atoms with E-state index in [-0.39, 0.29) is 5.82 Å². The molecule has 0 unspecified atom stereocenters. The van der Waals surface area contributed by atoms with Crippen LogP contribution < -0.4 is 10.6 Å². The van der Waals surface area contributed by atoms with Crippen LogP contribution >= 0.6 is 11.6 Å². The van der Waals surface area contributed by atoms with Gasteiger partial charge in [0.15, 0.2) is 0 Å². The maximum atomic E-state index is 13.5. The van der Waals surface area contributed by atoms with Crippen molar-refractivity contribution in [1.82, 2.24) is 4.98 Å². The van der Waals surface area contributed by atoms with Crippen molar-refractivity contribution in [3.05, 3.63) is 47.2 Å². The Morgan fingerprint density at radius 3 is 2.78 bits per heavy atom. The summed E-state index contributed by atoms with van der Waals surface area (Å²) < 4.78 is 13.5. The first-order valence-corrected chi connectivity index (χ1v) is 6.00. The lowest BCUT2D eigenvalue weighted by Crippen LogP contribution is -2.02. The number of hydrogen-bond acceptors (Lipinski definition) is 3. The third-order valence-electron chi connectivity index (χ3n) is 2.30. The number of nitrogens with one attached hydrogen (secondary N) is 2. The summed E-state index contributed by atoms with van der Waals surface area (Å²) in [5, 5.41) is 6.46. The van der Waals surface area contributed by atoms with Gasteiger partial charge in [-0.15, -0.1) is 0 Å². The summed E-state index contributed by atoms with van der Waals surface area (Å²) in [5.74, 6) is 0.939. The molecule has 2 aromatic rings. The normalized spacial score (nSPS) is 10.2. The average molecular weight is 266 g/mol. The Balaban J connectivity index is 2.22. The van der Waals surface area contributed by atoms with E-state index in [0.717, 1.165) is 12.4 Å². The van der Waals surface area contributed by atoms with E-state index < -0.39 is 0 Å². The predicted octanol–water partition coefficient (Wildman–Crippen LogP) is 4.05. The maximum absolute atomic E-state index is 13.5. The highest BCUT2D eigenvalue weighted by Gasteiger charge is 2.04.